The van der Waals surface area contributed by atoms with Crippen molar-refractivity contribution in [2.75, 3.05) is 4.72 Å². The summed E-state index contributed by atoms with van der Waals surface area (Å²) in [6.07, 6.45) is 3.44. The summed E-state index contributed by atoms with van der Waals surface area (Å²) in [4.78, 5) is 4.20. The minimum Gasteiger partial charge on any atom is -0.439 e. The largest absolute Gasteiger partial charge is 0.439 e. The lowest BCUT2D eigenvalue weighted by Crippen LogP contribution is -2.25. The van der Waals surface area contributed by atoms with Gasteiger partial charge >= 0.3 is 0 Å². The molecule has 0 spiro atoms. The summed E-state index contributed by atoms with van der Waals surface area (Å²) in [6.45, 7) is 1.75. The molecule has 0 aliphatic heterocycles. The van der Waals surface area contributed by atoms with Crippen LogP contribution in [-0.4, -0.2) is 18.7 Å². The van der Waals surface area contributed by atoms with E-state index in [1.165, 1.54) is 0 Å². The number of anilines is 1. The summed E-state index contributed by atoms with van der Waals surface area (Å²) in [6, 6.07) is 5.29. The van der Waals surface area contributed by atoms with Crippen LogP contribution >= 0.6 is 0 Å². The molecule has 1 fully saturated rings. The number of aryl methyl sites for hydroxylation is 1. The molecular weight excluding hydrogens is 264 g/mol. The first-order chi connectivity index (χ1) is 9.06. The highest BCUT2D eigenvalue weighted by Gasteiger charge is 2.29. The van der Waals surface area contributed by atoms with E-state index in [9.17, 15) is 8.42 Å². The summed E-state index contributed by atoms with van der Waals surface area (Å²) in [5, 5.41) is -0.285. The van der Waals surface area contributed by atoms with Gasteiger partial charge < -0.3 is 4.42 Å². The molecule has 1 heterocycles. The van der Waals surface area contributed by atoms with E-state index in [-0.39, 0.29) is 5.25 Å². The van der Waals surface area contributed by atoms with Crippen LogP contribution in [0, 0.1) is 6.92 Å². The standard InChI is InChI=1S/C13H16N2O3S/c1-9-14-11-7-4-8-12(13(11)18-9)15-19(16,17)10-5-2-3-6-10/h4,7-8,10,15H,2-3,5-6H2,1H3. The molecule has 1 aromatic heterocycles. The number of fused-ring (bicyclic) bond motifs is 1. The SMILES string of the molecule is Cc1nc2cccc(NS(=O)(=O)C3CCCC3)c2o1. The minimum absolute atomic E-state index is 0.285. The molecule has 6 heteroatoms. The predicted octanol–water partition coefficient (Wildman–Crippen LogP) is 2.82. The van der Waals surface area contributed by atoms with Gasteiger partial charge in [-0.2, -0.15) is 0 Å². The first-order valence-electron chi connectivity index (χ1n) is 6.44. The Bertz CT molecular complexity index is 700. The second-order valence-corrected chi connectivity index (χ2v) is 6.90. The number of hydrogen-bond acceptors (Lipinski definition) is 4. The van der Waals surface area contributed by atoms with E-state index in [4.69, 9.17) is 4.42 Å². The molecule has 0 saturated heterocycles. The van der Waals surface area contributed by atoms with E-state index in [0.717, 1.165) is 25.7 Å². The fourth-order valence-electron chi connectivity index (χ4n) is 2.58. The molecule has 1 aliphatic rings. The molecule has 0 amide bonds. The van der Waals surface area contributed by atoms with Gasteiger partial charge in [0.1, 0.15) is 5.52 Å². The molecule has 1 aromatic carbocycles. The second-order valence-electron chi connectivity index (χ2n) is 4.94. The van der Waals surface area contributed by atoms with Gasteiger partial charge in [0.2, 0.25) is 10.0 Å². The van der Waals surface area contributed by atoms with E-state index < -0.39 is 10.0 Å². The third-order valence-electron chi connectivity index (χ3n) is 3.52. The van der Waals surface area contributed by atoms with Crippen LogP contribution in [0.25, 0.3) is 11.1 Å². The summed E-state index contributed by atoms with van der Waals surface area (Å²) >= 11 is 0. The first-order valence-corrected chi connectivity index (χ1v) is 7.99. The number of hydrogen-bond donors (Lipinski definition) is 1. The monoisotopic (exact) mass is 280 g/mol. The van der Waals surface area contributed by atoms with Crippen molar-refractivity contribution in [3.8, 4) is 0 Å². The Hall–Kier alpha value is -1.56. The molecule has 0 atom stereocenters. The maximum Gasteiger partial charge on any atom is 0.235 e. The van der Waals surface area contributed by atoms with Crippen molar-refractivity contribution in [2.45, 2.75) is 37.9 Å². The molecule has 0 radical (unpaired) electrons. The van der Waals surface area contributed by atoms with Crippen molar-refractivity contribution in [1.29, 1.82) is 0 Å². The molecule has 1 saturated carbocycles. The van der Waals surface area contributed by atoms with Crippen molar-refractivity contribution in [2.24, 2.45) is 0 Å². The summed E-state index contributed by atoms with van der Waals surface area (Å²) < 4.78 is 32.7. The van der Waals surface area contributed by atoms with Crippen molar-refractivity contribution in [3.05, 3.63) is 24.1 Å². The molecule has 102 valence electrons. The van der Waals surface area contributed by atoms with Gasteiger partial charge in [0.15, 0.2) is 11.5 Å². The van der Waals surface area contributed by atoms with Crippen LogP contribution in [0.1, 0.15) is 31.6 Å². The lowest BCUT2D eigenvalue weighted by atomic mass is 10.3. The van der Waals surface area contributed by atoms with E-state index in [2.05, 4.69) is 9.71 Å². The van der Waals surface area contributed by atoms with E-state index in [1.807, 2.05) is 0 Å². The highest BCUT2D eigenvalue weighted by atomic mass is 32.2. The van der Waals surface area contributed by atoms with Crippen molar-refractivity contribution >= 4 is 26.8 Å². The van der Waals surface area contributed by atoms with Gasteiger partial charge in [0.25, 0.3) is 0 Å². The van der Waals surface area contributed by atoms with Crippen molar-refractivity contribution < 1.29 is 12.8 Å². The second kappa shape index (κ2) is 4.52. The van der Waals surface area contributed by atoms with Crippen LogP contribution in [-0.2, 0) is 10.0 Å². The zero-order valence-corrected chi connectivity index (χ0v) is 11.5. The van der Waals surface area contributed by atoms with Gasteiger partial charge in [-0.1, -0.05) is 18.9 Å². The van der Waals surface area contributed by atoms with Gasteiger partial charge in [0, 0.05) is 6.92 Å². The van der Waals surface area contributed by atoms with Gasteiger partial charge in [-0.05, 0) is 25.0 Å². The number of sulfonamides is 1. The van der Waals surface area contributed by atoms with Crippen LogP contribution in [0.4, 0.5) is 5.69 Å². The molecule has 3 rings (SSSR count). The number of nitrogens with one attached hydrogen (secondary N) is 1. The Balaban J connectivity index is 1.96. The smallest absolute Gasteiger partial charge is 0.235 e. The third kappa shape index (κ3) is 2.32. The number of rotatable bonds is 3. The Morgan fingerprint density at radius 1 is 1.32 bits per heavy atom. The fourth-order valence-corrected chi connectivity index (χ4v) is 4.16. The average Bonchev–Trinajstić information content (AvgIpc) is 2.96. The number of para-hydroxylation sites is 1. The molecule has 2 aromatic rings. The Morgan fingerprint density at radius 3 is 2.79 bits per heavy atom. The maximum atomic E-state index is 12.3. The van der Waals surface area contributed by atoms with Crippen molar-refractivity contribution in [1.82, 2.24) is 4.98 Å². The molecule has 5 nitrogen and oxygen atoms in total. The van der Waals surface area contributed by atoms with Crippen LogP contribution in [0.5, 0.6) is 0 Å². The zero-order chi connectivity index (χ0) is 13.5. The van der Waals surface area contributed by atoms with Gasteiger partial charge in [-0.3, -0.25) is 4.72 Å². The van der Waals surface area contributed by atoms with Crippen LogP contribution in [0.2, 0.25) is 0 Å². The normalized spacial score (nSPS) is 17.1. The lowest BCUT2D eigenvalue weighted by molar-refractivity contribution is 0.561. The number of oxazole rings is 1. The van der Waals surface area contributed by atoms with Gasteiger partial charge in [-0.15, -0.1) is 0 Å². The first kappa shape index (κ1) is 12.5. The molecule has 0 unspecified atom stereocenters. The van der Waals surface area contributed by atoms with Gasteiger partial charge in [0.05, 0.1) is 10.9 Å². The maximum absolute atomic E-state index is 12.3. The van der Waals surface area contributed by atoms with Crippen LogP contribution in [0.15, 0.2) is 22.6 Å². The number of benzene rings is 1. The Kier molecular flexibility index (Phi) is 2.97. The number of nitrogens with zero attached hydrogens (tertiary/aromatic N) is 1. The molecular formula is C13H16N2O3S. The predicted molar refractivity (Wildman–Crippen MR) is 73.5 cm³/mol. The quantitative estimate of drug-likeness (QED) is 0.938. The van der Waals surface area contributed by atoms with Crippen LogP contribution in [0.3, 0.4) is 0 Å². The Morgan fingerprint density at radius 2 is 2.05 bits per heavy atom. The molecule has 1 aliphatic carbocycles. The highest BCUT2D eigenvalue weighted by Crippen LogP contribution is 2.29. The summed E-state index contributed by atoms with van der Waals surface area (Å²) in [5.74, 6) is 0.530. The summed E-state index contributed by atoms with van der Waals surface area (Å²) in [7, 11) is -3.33. The van der Waals surface area contributed by atoms with E-state index >= 15 is 0 Å². The van der Waals surface area contributed by atoms with Gasteiger partial charge in [-0.25, -0.2) is 13.4 Å². The van der Waals surface area contributed by atoms with Crippen LogP contribution < -0.4 is 4.72 Å². The molecule has 1 N–H and O–H groups in total. The minimum atomic E-state index is -3.33. The Labute approximate surface area is 112 Å². The third-order valence-corrected chi connectivity index (χ3v) is 5.37. The van der Waals surface area contributed by atoms with E-state index in [0.29, 0.717) is 22.7 Å². The lowest BCUT2D eigenvalue weighted by Gasteiger charge is -2.13. The topological polar surface area (TPSA) is 72.2 Å². The molecule has 19 heavy (non-hydrogen) atoms. The average molecular weight is 280 g/mol. The molecule has 0 bridgehead atoms. The van der Waals surface area contributed by atoms with Crippen molar-refractivity contribution in [3.63, 3.8) is 0 Å². The fraction of sp³-hybridized carbons (Fsp3) is 0.462. The number of aromatic nitrogens is 1. The highest BCUT2D eigenvalue weighted by molar-refractivity contribution is 7.93. The van der Waals surface area contributed by atoms with E-state index in [1.54, 1.807) is 25.1 Å². The zero-order valence-electron chi connectivity index (χ0n) is 10.7. The summed E-state index contributed by atoms with van der Waals surface area (Å²) in [5.41, 5.74) is 1.65.